The number of methoxy groups -OCH3 is 1. The lowest BCUT2D eigenvalue weighted by Crippen LogP contribution is -2.32. The summed E-state index contributed by atoms with van der Waals surface area (Å²) in [4.78, 5) is 11.4. The molecule has 110 valence electrons. The number of hydrogen-bond donors (Lipinski definition) is 1. The van der Waals surface area contributed by atoms with Crippen LogP contribution in [0.2, 0.25) is 0 Å². The van der Waals surface area contributed by atoms with Gasteiger partial charge in [0, 0.05) is 6.54 Å². The summed E-state index contributed by atoms with van der Waals surface area (Å²) in [5, 5.41) is 2.67. The zero-order chi connectivity index (χ0) is 15.2. The number of ether oxygens (including phenoxy) is 2. The molecule has 1 amide bonds. The van der Waals surface area contributed by atoms with E-state index in [1.165, 1.54) is 0 Å². The number of rotatable bonds is 4. The maximum atomic E-state index is 11.4. The average molecular weight is 277 g/mol. The number of benzene rings is 1. The Hall–Kier alpha value is -1.97. The highest BCUT2D eigenvalue weighted by Crippen LogP contribution is 2.19. The molecule has 0 radical (unpaired) electrons. The van der Waals surface area contributed by atoms with Crippen molar-refractivity contribution in [3.05, 3.63) is 35.4 Å². The summed E-state index contributed by atoms with van der Waals surface area (Å²) in [7, 11) is 1.65. The molecular weight excluding hydrogens is 254 g/mol. The first-order chi connectivity index (χ1) is 9.31. The summed E-state index contributed by atoms with van der Waals surface area (Å²) in [5.41, 5.74) is 1.65. The molecule has 1 aromatic carbocycles. The molecule has 0 aromatic heterocycles. The van der Waals surface area contributed by atoms with Crippen LogP contribution in [0.5, 0.6) is 5.75 Å². The van der Waals surface area contributed by atoms with Crippen molar-refractivity contribution in [1.82, 2.24) is 5.32 Å². The summed E-state index contributed by atoms with van der Waals surface area (Å²) < 4.78 is 10.4. The van der Waals surface area contributed by atoms with Gasteiger partial charge < -0.3 is 14.8 Å². The van der Waals surface area contributed by atoms with Crippen molar-refractivity contribution in [3.63, 3.8) is 0 Å². The van der Waals surface area contributed by atoms with Crippen LogP contribution in [0.4, 0.5) is 4.79 Å². The first-order valence-electron chi connectivity index (χ1n) is 6.60. The van der Waals surface area contributed by atoms with Crippen molar-refractivity contribution in [2.24, 2.45) is 0 Å². The Labute approximate surface area is 120 Å². The van der Waals surface area contributed by atoms with Gasteiger partial charge in [0.1, 0.15) is 11.4 Å². The molecule has 0 fully saturated rings. The number of alkyl carbamates (subject to hydrolysis) is 1. The van der Waals surface area contributed by atoms with Crippen LogP contribution in [0.15, 0.2) is 24.3 Å². The number of nitrogens with one attached hydrogen (secondary N) is 1. The maximum Gasteiger partial charge on any atom is 0.407 e. The number of hydrogen-bond acceptors (Lipinski definition) is 3. The number of amides is 1. The Kier molecular flexibility index (Phi) is 5.62. The lowest BCUT2D eigenvalue weighted by Gasteiger charge is -2.19. The predicted molar refractivity (Wildman–Crippen MR) is 81.0 cm³/mol. The minimum Gasteiger partial charge on any atom is -0.496 e. The molecule has 0 unspecified atom stereocenters. The van der Waals surface area contributed by atoms with E-state index >= 15 is 0 Å². The van der Waals surface area contributed by atoms with Crippen LogP contribution in [0.25, 0.3) is 6.08 Å². The van der Waals surface area contributed by atoms with Crippen molar-refractivity contribution in [3.8, 4) is 5.75 Å². The Balaban J connectivity index is 2.47. The smallest absolute Gasteiger partial charge is 0.407 e. The molecule has 1 N–H and O–H groups in total. The summed E-state index contributed by atoms with van der Waals surface area (Å²) in [6.45, 7) is 7.92. The molecule has 0 heterocycles. The highest BCUT2D eigenvalue weighted by atomic mass is 16.6. The Morgan fingerprint density at radius 2 is 2.05 bits per heavy atom. The van der Waals surface area contributed by atoms with Crippen LogP contribution < -0.4 is 10.1 Å². The fourth-order valence-corrected chi connectivity index (χ4v) is 1.59. The van der Waals surface area contributed by atoms with Crippen LogP contribution in [0.3, 0.4) is 0 Å². The fourth-order valence-electron chi connectivity index (χ4n) is 1.59. The van der Waals surface area contributed by atoms with Gasteiger partial charge in [-0.1, -0.05) is 24.3 Å². The molecule has 1 rings (SSSR count). The molecule has 0 aliphatic carbocycles. The van der Waals surface area contributed by atoms with Crippen LogP contribution in [0, 0.1) is 6.92 Å². The van der Waals surface area contributed by atoms with Gasteiger partial charge in [0.05, 0.1) is 7.11 Å². The Morgan fingerprint density at radius 3 is 2.65 bits per heavy atom. The average Bonchev–Trinajstić information content (AvgIpc) is 2.34. The molecule has 0 bridgehead atoms. The second-order valence-corrected chi connectivity index (χ2v) is 5.51. The third kappa shape index (κ3) is 5.78. The summed E-state index contributed by atoms with van der Waals surface area (Å²) in [6.07, 6.45) is 3.39. The Morgan fingerprint density at radius 1 is 1.35 bits per heavy atom. The molecule has 0 aliphatic heterocycles. The van der Waals surface area contributed by atoms with Crippen molar-refractivity contribution < 1.29 is 14.3 Å². The fraction of sp³-hybridized carbons (Fsp3) is 0.438. The largest absolute Gasteiger partial charge is 0.496 e. The highest BCUT2D eigenvalue weighted by molar-refractivity contribution is 5.68. The van der Waals surface area contributed by atoms with Crippen molar-refractivity contribution in [2.75, 3.05) is 13.7 Å². The quantitative estimate of drug-likeness (QED) is 0.915. The van der Waals surface area contributed by atoms with Gasteiger partial charge in [0.2, 0.25) is 0 Å². The molecule has 4 nitrogen and oxygen atoms in total. The monoisotopic (exact) mass is 277 g/mol. The minimum atomic E-state index is -0.474. The molecule has 0 saturated heterocycles. The van der Waals surface area contributed by atoms with E-state index < -0.39 is 11.7 Å². The van der Waals surface area contributed by atoms with Crippen LogP contribution in [-0.2, 0) is 4.74 Å². The van der Waals surface area contributed by atoms with Crippen LogP contribution >= 0.6 is 0 Å². The SMILES string of the molecule is COc1cc(C=CCNC(=O)OC(C)(C)C)ccc1C. The van der Waals surface area contributed by atoms with E-state index in [1.807, 2.05) is 58.0 Å². The third-order valence-corrected chi connectivity index (χ3v) is 2.51. The lowest BCUT2D eigenvalue weighted by atomic mass is 10.1. The molecule has 0 aliphatic rings. The van der Waals surface area contributed by atoms with Crippen LogP contribution in [-0.4, -0.2) is 25.3 Å². The first-order valence-corrected chi connectivity index (χ1v) is 6.60. The van der Waals surface area contributed by atoms with Crippen LogP contribution in [0.1, 0.15) is 31.9 Å². The van der Waals surface area contributed by atoms with Gasteiger partial charge in [-0.25, -0.2) is 4.79 Å². The molecule has 4 heteroatoms. The molecule has 0 atom stereocenters. The lowest BCUT2D eigenvalue weighted by molar-refractivity contribution is 0.0534. The van der Waals surface area contributed by atoms with Gasteiger partial charge in [-0.15, -0.1) is 0 Å². The van der Waals surface area contributed by atoms with Crippen molar-refractivity contribution >= 4 is 12.2 Å². The number of aryl methyl sites for hydroxylation is 1. The Bertz CT molecular complexity index is 487. The van der Waals surface area contributed by atoms with E-state index in [4.69, 9.17) is 9.47 Å². The van der Waals surface area contributed by atoms with Gasteiger partial charge in [-0.2, -0.15) is 0 Å². The summed E-state index contributed by atoms with van der Waals surface area (Å²) in [6, 6.07) is 5.96. The van der Waals surface area contributed by atoms with E-state index in [9.17, 15) is 4.79 Å². The summed E-state index contributed by atoms with van der Waals surface area (Å²) in [5.74, 6) is 0.854. The molecule has 0 saturated carbocycles. The normalized spacial score (nSPS) is 11.4. The standard InChI is InChI=1S/C16H23NO3/c1-12-8-9-13(11-14(12)19-5)7-6-10-17-15(18)20-16(2,3)4/h6-9,11H,10H2,1-5H3,(H,17,18). The van der Waals surface area contributed by atoms with Gasteiger partial charge >= 0.3 is 6.09 Å². The van der Waals surface area contributed by atoms with Gasteiger partial charge in [0.25, 0.3) is 0 Å². The number of carbonyl (C=O) groups excluding carboxylic acids is 1. The molecule has 1 aromatic rings. The summed E-state index contributed by atoms with van der Waals surface area (Å²) >= 11 is 0. The third-order valence-electron chi connectivity index (χ3n) is 2.51. The molecule has 0 spiro atoms. The van der Waals surface area contributed by atoms with E-state index in [0.717, 1.165) is 16.9 Å². The highest BCUT2D eigenvalue weighted by Gasteiger charge is 2.14. The second kappa shape index (κ2) is 6.98. The van der Waals surface area contributed by atoms with Crippen molar-refractivity contribution in [2.45, 2.75) is 33.3 Å². The second-order valence-electron chi connectivity index (χ2n) is 5.51. The molecule has 20 heavy (non-hydrogen) atoms. The van der Waals surface area contributed by atoms with Gasteiger partial charge in [0.15, 0.2) is 0 Å². The number of carbonyl (C=O) groups is 1. The topological polar surface area (TPSA) is 47.6 Å². The zero-order valence-corrected chi connectivity index (χ0v) is 12.8. The van der Waals surface area contributed by atoms with Gasteiger partial charge in [-0.05, 0) is 44.9 Å². The zero-order valence-electron chi connectivity index (χ0n) is 12.8. The van der Waals surface area contributed by atoms with E-state index in [0.29, 0.717) is 6.54 Å². The molecular formula is C16H23NO3. The van der Waals surface area contributed by atoms with E-state index in [1.54, 1.807) is 7.11 Å². The van der Waals surface area contributed by atoms with Crippen molar-refractivity contribution in [1.29, 1.82) is 0 Å². The van der Waals surface area contributed by atoms with Gasteiger partial charge in [-0.3, -0.25) is 0 Å². The minimum absolute atomic E-state index is 0.413. The maximum absolute atomic E-state index is 11.4. The first kappa shape index (κ1) is 16.1. The van der Waals surface area contributed by atoms with E-state index in [2.05, 4.69) is 5.32 Å². The van der Waals surface area contributed by atoms with E-state index in [-0.39, 0.29) is 0 Å². The predicted octanol–water partition coefficient (Wildman–Crippen LogP) is 3.54.